The number of nitrogens with two attached hydrogens (primary N) is 1. The van der Waals surface area contributed by atoms with Gasteiger partial charge in [0.15, 0.2) is 9.84 Å². The molecule has 6 bridgehead atoms. The Hall–Kier alpha value is -5.90. The number of hydrogen-bond acceptors (Lipinski definition) is 9. The van der Waals surface area contributed by atoms with Crippen LogP contribution in [-0.4, -0.2) is 97.7 Å². The summed E-state index contributed by atoms with van der Waals surface area (Å²) in [4.78, 5) is 59.1. The smallest absolute Gasteiger partial charge is 0.243 e. The van der Waals surface area contributed by atoms with E-state index >= 15 is 0 Å². The molecule has 0 spiro atoms. The van der Waals surface area contributed by atoms with Crippen molar-refractivity contribution in [3.05, 3.63) is 131 Å². The molecule has 0 radical (unpaired) electrons. The van der Waals surface area contributed by atoms with Crippen molar-refractivity contribution in [1.82, 2.24) is 20.4 Å². The standard InChI is InChI=1S/C44H52N8O6S/c1-29-41(53)48-37-16-10-31(11-17-37)24-36(28-59(57,58)27-34-6-4-3-5-7-34)43(55)50-39(44(56)47-26-33-8-14-35(15-9-33)40(45)46)25-32-12-18-38(19-13-32)49-42(54)30(2)52-22-20-51(29)21-23-52/h3-19,29-30,36,39H,20-28H2,1-2H3,(H3,45,46)(H,47,56)(H,48,53)(H,49,54)(H,50,55)/t29-,30-,36-,39-/m0/s1. The van der Waals surface area contributed by atoms with Gasteiger partial charge in [0.1, 0.15) is 11.9 Å². The van der Waals surface area contributed by atoms with E-state index in [2.05, 4.69) is 31.1 Å². The second-order valence-corrected chi connectivity index (χ2v) is 17.4. The van der Waals surface area contributed by atoms with Crippen LogP contribution in [0.4, 0.5) is 11.4 Å². The third-order valence-electron chi connectivity index (χ3n) is 11.0. The van der Waals surface area contributed by atoms with Crippen molar-refractivity contribution in [2.75, 3.05) is 42.6 Å². The highest BCUT2D eigenvalue weighted by Gasteiger charge is 2.32. The fourth-order valence-corrected chi connectivity index (χ4v) is 9.04. The Morgan fingerprint density at radius 1 is 0.712 bits per heavy atom. The summed E-state index contributed by atoms with van der Waals surface area (Å²) < 4.78 is 27.4. The van der Waals surface area contributed by atoms with Crippen LogP contribution in [0, 0.1) is 11.3 Å². The molecule has 4 amide bonds. The average Bonchev–Trinajstić information content (AvgIpc) is 3.23. The zero-order valence-corrected chi connectivity index (χ0v) is 34.1. The summed E-state index contributed by atoms with van der Waals surface area (Å²) in [6.07, 6.45) is 0.129. The molecular weight excluding hydrogens is 769 g/mol. The van der Waals surface area contributed by atoms with Gasteiger partial charge in [-0.3, -0.25) is 34.4 Å². The monoisotopic (exact) mass is 820 g/mol. The summed E-state index contributed by atoms with van der Waals surface area (Å²) in [6, 6.07) is 27.7. The van der Waals surface area contributed by atoms with Crippen molar-refractivity contribution in [3.63, 3.8) is 0 Å². The molecule has 1 fully saturated rings. The molecule has 4 atom stereocenters. The molecular formula is C44H52N8O6S. The number of rotatable bonds is 8. The first-order valence-corrected chi connectivity index (χ1v) is 21.6. The van der Waals surface area contributed by atoms with Gasteiger partial charge in [-0.15, -0.1) is 0 Å². The number of anilines is 2. The maximum atomic E-state index is 14.3. The Balaban J connectivity index is 1.30. The highest BCUT2D eigenvalue weighted by Crippen LogP contribution is 2.20. The summed E-state index contributed by atoms with van der Waals surface area (Å²) in [5.74, 6) is -3.33. The molecule has 59 heavy (non-hydrogen) atoms. The van der Waals surface area contributed by atoms with Crippen LogP contribution in [0.5, 0.6) is 0 Å². The number of hydrogen-bond donors (Lipinski definition) is 6. The van der Waals surface area contributed by atoms with Crippen LogP contribution in [0.1, 0.15) is 41.7 Å². The van der Waals surface area contributed by atoms with E-state index in [4.69, 9.17) is 11.1 Å². The molecule has 6 aliphatic heterocycles. The van der Waals surface area contributed by atoms with Gasteiger partial charge in [0.25, 0.3) is 0 Å². The fraction of sp³-hybridized carbons (Fsp3) is 0.341. The van der Waals surface area contributed by atoms with Crippen molar-refractivity contribution in [2.45, 2.75) is 57.1 Å². The summed E-state index contributed by atoms with van der Waals surface area (Å²) in [7, 11) is -3.81. The summed E-state index contributed by atoms with van der Waals surface area (Å²) >= 11 is 0. The normalized spacial score (nSPS) is 23.1. The lowest BCUT2D eigenvalue weighted by atomic mass is 9.98. The first kappa shape index (κ1) is 42.7. The first-order chi connectivity index (χ1) is 28.2. The lowest BCUT2D eigenvalue weighted by molar-refractivity contribution is -0.130. The molecule has 0 unspecified atom stereocenters. The van der Waals surface area contributed by atoms with Crippen LogP contribution in [-0.2, 0) is 54.2 Å². The zero-order chi connectivity index (χ0) is 42.1. The van der Waals surface area contributed by atoms with E-state index in [-0.39, 0.29) is 42.8 Å². The molecule has 4 aromatic carbocycles. The summed E-state index contributed by atoms with van der Waals surface area (Å²) in [5, 5.41) is 19.4. The number of carbonyl (C=O) groups excluding carboxylic acids is 4. The van der Waals surface area contributed by atoms with Crippen LogP contribution in [0.3, 0.4) is 0 Å². The molecule has 0 saturated carbocycles. The zero-order valence-electron chi connectivity index (χ0n) is 33.3. The Kier molecular flexibility index (Phi) is 13.9. The van der Waals surface area contributed by atoms with Crippen molar-refractivity contribution >= 4 is 50.7 Å². The molecule has 0 aliphatic carbocycles. The average molecular weight is 821 g/mol. The number of sulfone groups is 1. The van der Waals surface area contributed by atoms with Crippen molar-refractivity contribution in [2.24, 2.45) is 11.7 Å². The molecule has 10 rings (SSSR count). The van der Waals surface area contributed by atoms with E-state index in [1.54, 1.807) is 103 Å². The number of fused-ring (bicyclic) bond motifs is 1. The number of nitrogens with zero attached hydrogens (tertiary/aromatic N) is 2. The van der Waals surface area contributed by atoms with Gasteiger partial charge in [0.2, 0.25) is 23.6 Å². The van der Waals surface area contributed by atoms with Gasteiger partial charge in [-0.05, 0) is 66.8 Å². The van der Waals surface area contributed by atoms with Gasteiger partial charge < -0.3 is 27.0 Å². The van der Waals surface area contributed by atoms with Crippen LogP contribution in [0.2, 0.25) is 0 Å². The second kappa shape index (κ2) is 19.2. The summed E-state index contributed by atoms with van der Waals surface area (Å²) in [5.41, 5.74) is 9.98. The molecule has 6 aliphatic rings. The molecule has 4 aromatic rings. The van der Waals surface area contributed by atoms with Gasteiger partial charge in [-0.1, -0.05) is 78.9 Å². The molecule has 0 aromatic heterocycles. The second-order valence-electron chi connectivity index (χ2n) is 15.3. The van der Waals surface area contributed by atoms with E-state index in [0.717, 1.165) is 5.56 Å². The van der Waals surface area contributed by atoms with Gasteiger partial charge in [0.05, 0.1) is 29.5 Å². The Bertz CT molecular complexity index is 2230. The highest BCUT2D eigenvalue weighted by atomic mass is 32.2. The maximum Gasteiger partial charge on any atom is 0.243 e. The maximum absolute atomic E-state index is 14.3. The molecule has 7 N–H and O–H groups in total. The fourth-order valence-electron chi connectivity index (χ4n) is 7.34. The number of amidine groups is 1. The summed E-state index contributed by atoms with van der Waals surface area (Å²) in [6.45, 7) is 6.27. The van der Waals surface area contributed by atoms with Crippen LogP contribution >= 0.6 is 0 Å². The number of carbonyl (C=O) groups is 4. The van der Waals surface area contributed by atoms with Gasteiger partial charge in [-0.2, -0.15) is 0 Å². The van der Waals surface area contributed by atoms with Crippen molar-refractivity contribution < 1.29 is 27.6 Å². The SMILES string of the molecule is C[C@H]1C(=O)Nc2ccc(cc2)C[C@@H](CS(=O)(=O)Cc2ccccc2)C(=O)N[C@H](C(=O)NCc2ccc(C(=N)N)cc2)Cc2ccc(cc2)NC(=O)[C@H](C)N2CCN1CC2. The molecule has 310 valence electrons. The minimum absolute atomic E-state index is 0.0540. The third-order valence-corrected chi connectivity index (χ3v) is 12.7. The van der Waals surface area contributed by atoms with Gasteiger partial charge >= 0.3 is 0 Å². The van der Waals surface area contributed by atoms with Gasteiger partial charge in [0, 0.05) is 56.1 Å². The van der Waals surface area contributed by atoms with E-state index in [1.807, 2.05) is 13.8 Å². The number of piperazine rings is 1. The lowest BCUT2D eigenvalue weighted by Gasteiger charge is -2.39. The number of nitrogens with one attached hydrogen (secondary N) is 5. The number of amides is 4. The third kappa shape index (κ3) is 11.8. The predicted molar refractivity (Wildman–Crippen MR) is 228 cm³/mol. The molecule has 1 saturated heterocycles. The minimum Gasteiger partial charge on any atom is -0.384 e. The Labute approximate surface area is 345 Å². The van der Waals surface area contributed by atoms with Crippen LogP contribution < -0.4 is 27.0 Å². The number of benzene rings is 4. The van der Waals surface area contributed by atoms with Gasteiger partial charge in [-0.25, -0.2) is 8.42 Å². The van der Waals surface area contributed by atoms with E-state index in [9.17, 15) is 27.6 Å². The minimum atomic E-state index is -3.81. The highest BCUT2D eigenvalue weighted by molar-refractivity contribution is 7.90. The van der Waals surface area contributed by atoms with E-state index < -0.39 is 51.4 Å². The Morgan fingerprint density at radius 3 is 1.73 bits per heavy atom. The molecule has 14 nitrogen and oxygen atoms in total. The molecule has 6 heterocycles. The topological polar surface area (TPSA) is 207 Å². The first-order valence-electron chi connectivity index (χ1n) is 19.8. The largest absolute Gasteiger partial charge is 0.384 e. The predicted octanol–water partition coefficient (Wildman–Crippen LogP) is 3.07. The van der Waals surface area contributed by atoms with Crippen molar-refractivity contribution in [1.29, 1.82) is 5.41 Å². The number of nitrogen functional groups attached to an aromatic ring is 1. The quantitative estimate of drug-likeness (QED) is 0.114. The van der Waals surface area contributed by atoms with Crippen LogP contribution in [0.15, 0.2) is 103 Å². The van der Waals surface area contributed by atoms with E-state index in [0.29, 0.717) is 59.8 Å². The van der Waals surface area contributed by atoms with Crippen LogP contribution in [0.25, 0.3) is 0 Å². The lowest BCUT2D eigenvalue weighted by Crippen LogP contribution is -2.56. The molecule has 15 heteroatoms. The van der Waals surface area contributed by atoms with E-state index in [1.165, 1.54) is 0 Å². The van der Waals surface area contributed by atoms with Crippen molar-refractivity contribution in [3.8, 4) is 0 Å². The Morgan fingerprint density at radius 2 is 1.22 bits per heavy atom.